The molecule has 0 bridgehead atoms. The van der Waals surface area contributed by atoms with Crippen molar-refractivity contribution in [2.24, 2.45) is 0 Å². The average Bonchev–Trinajstić information content (AvgIpc) is 2.37. The maximum atomic E-state index is 8.46. The quantitative estimate of drug-likeness (QED) is 0.481. The fourth-order valence-corrected chi connectivity index (χ4v) is 0.979. The third-order valence-corrected chi connectivity index (χ3v) is 1.46. The van der Waals surface area contributed by atoms with Crippen LogP contribution in [0.15, 0.2) is 0 Å². The van der Waals surface area contributed by atoms with E-state index >= 15 is 0 Å². The third-order valence-electron chi connectivity index (χ3n) is 1.46. The Morgan fingerprint density at radius 3 is 1.43 bits per heavy atom. The fourth-order valence-electron chi connectivity index (χ4n) is 0.979. The lowest BCUT2D eigenvalue weighted by Gasteiger charge is -1.91. The molecule has 1 aliphatic heterocycles. The van der Waals surface area contributed by atoms with Crippen LogP contribution in [0.2, 0.25) is 0 Å². The standard InChI is InChI=1S/C6H13N.H3N.2HO2P/c1-2-4-6-7-5-3-1;;2*1-3-2/h7H,1-6H2;1H3;2*(H,1,2). The molecule has 1 heterocycles. The van der Waals surface area contributed by atoms with Crippen LogP contribution in [0.4, 0.5) is 0 Å². The molecule has 0 saturated carbocycles. The second-order valence-electron chi connectivity index (χ2n) is 2.33. The van der Waals surface area contributed by atoms with Crippen molar-refractivity contribution >= 4 is 17.4 Å². The molecule has 6 N–H and O–H groups in total. The van der Waals surface area contributed by atoms with Gasteiger partial charge in [0, 0.05) is 0 Å². The minimum absolute atomic E-state index is 0. The highest BCUT2D eigenvalue weighted by atomic mass is 31.1. The molecular weight excluding hydrogens is 226 g/mol. The molecule has 0 aromatic carbocycles. The van der Waals surface area contributed by atoms with Gasteiger partial charge in [-0.25, -0.2) is 9.13 Å². The van der Waals surface area contributed by atoms with Gasteiger partial charge >= 0.3 is 17.4 Å². The van der Waals surface area contributed by atoms with E-state index in [4.69, 9.17) is 18.9 Å². The Hall–Kier alpha value is 0.0400. The molecule has 0 amide bonds. The van der Waals surface area contributed by atoms with Gasteiger partial charge in [-0.2, -0.15) is 0 Å². The van der Waals surface area contributed by atoms with Crippen LogP contribution < -0.4 is 11.5 Å². The van der Waals surface area contributed by atoms with Crippen molar-refractivity contribution in [2.75, 3.05) is 13.1 Å². The highest BCUT2D eigenvalue weighted by molar-refractivity contribution is 7.16. The maximum absolute atomic E-state index is 8.46. The smallest absolute Gasteiger partial charge is 0.324 e. The first kappa shape index (κ1) is 19.6. The third kappa shape index (κ3) is 29.6. The van der Waals surface area contributed by atoms with E-state index < -0.39 is 17.4 Å². The van der Waals surface area contributed by atoms with Gasteiger partial charge in [0.2, 0.25) is 0 Å². The van der Waals surface area contributed by atoms with Crippen LogP contribution in [0, 0.1) is 0 Å². The minimum atomic E-state index is -0.833. The Kier molecular flexibility index (Phi) is 32.4. The molecule has 0 unspecified atom stereocenters. The molecule has 6 nitrogen and oxygen atoms in total. The van der Waals surface area contributed by atoms with E-state index in [1.807, 2.05) is 0 Å². The Morgan fingerprint density at radius 1 is 0.857 bits per heavy atom. The SMILES string of the molecule is C1CCCNCC1.N.O=PO.O=PO. The Morgan fingerprint density at radius 2 is 1.14 bits per heavy atom. The number of nitrogens with one attached hydrogen (secondary N) is 1. The molecule has 1 aliphatic rings. The van der Waals surface area contributed by atoms with Crippen LogP contribution in [-0.2, 0) is 9.13 Å². The Bertz CT molecular complexity index is 92.4. The normalized spacial score (nSPS) is 15.0. The predicted molar refractivity (Wildman–Crippen MR) is 56.0 cm³/mol. The van der Waals surface area contributed by atoms with Crippen LogP contribution in [0.5, 0.6) is 0 Å². The van der Waals surface area contributed by atoms with E-state index in [-0.39, 0.29) is 6.15 Å². The molecule has 1 saturated heterocycles. The molecule has 0 aromatic heterocycles. The number of hydrogen-bond donors (Lipinski definition) is 4. The molecule has 8 heteroatoms. The van der Waals surface area contributed by atoms with Gasteiger partial charge in [0.15, 0.2) is 0 Å². The summed E-state index contributed by atoms with van der Waals surface area (Å²) in [6.07, 6.45) is 5.65. The van der Waals surface area contributed by atoms with Gasteiger partial charge in [-0.15, -0.1) is 0 Å². The lowest BCUT2D eigenvalue weighted by atomic mass is 10.2. The molecule has 0 spiro atoms. The van der Waals surface area contributed by atoms with Crippen LogP contribution in [-0.4, -0.2) is 22.9 Å². The molecule has 0 radical (unpaired) electrons. The van der Waals surface area contributed by atoms with Gasteiger partial charge in [-0.05, 0) is 25.9 Å². The molecule has 14 heavy (non-hydrogen) atoms. The molecule has 86 valence electrons. The number of rotatable bonds is 0. The van der Waals surface area contributed by atoms with Crippen LogP contribution in [0.1, 0.15) is 25.7 Å². The van der Waals surface area contributed by atoms with Crippen molar-refractivity contribution in [3.63, 3.8) is 0 Å². The van der Waals surface area contributed by atoms with Crippen molar-refractivity contribution in [2.45, 2.75) is 25.7 Å². The Labute approximate surface area is 87.3 Å². The van der Waals surface area contributed by atoms with E-state index in [1.54, 1.807) is 0 Å². The summed E-state index contributed by atoms with van der Waals surface area (Å²) in [7, 11) is -1.67. The Balaban J connectivity index is -0.000000150. The zero-order chi connectivity index (χ0) is 10.4. The first-order valence-electron chi connectivity index (χ1n) is 3.97. The van der Waals surface area contributed by atoms with E-state index in [0.717, 1.165) is 0 Å². The van der Waals surface area contributed by atoms with Crippen molar-refractivity contribution in [1.82, 2.24) is 11.5 Å². The van der Waals surface area contributed by atoms with Crippen LogP contribution in [0.3, 0.4) is 0 Å². The molecule has 0 aromatic rings. The van der Waals surface area contributed by atoms with Crippen LogP contribution in [0.25, 0.3) is 0 Å². The predicted octanol–water partition coefficient (Wildman–Crippen LogP) is 1.68. The topological polar surface area (TPSA) is 122 Å². The summed E-state index contributed by atoms with van der Waals surface area (Å²) >= 11 is 0. The van der Waals surface area contributed by atoms with Gasteiger partial charge in [0.25, 0.3) is 0 Å². The second kappa shape index (κ2) is 23.1. The largest absolute Gasteiger partial charge is 0.344 e. The fraction of sp³-hybridized carbons (Fsp3) is 1.00. The van der Waals surface area contributed by atoms with Crippen molar-refractivity contribution in [3.05, 3.63) is 0 Å². The lowest BCUT2D eigenvalue weighted by molar-refractivity contribution is 0.523. The van der Waals surface area contributed by atoms with Gasteiger partial charge in [0.05, 0.1) is 0 Å². The highest BCUT2D eigenvalue weighted by Gasteiger charge is 1.94. The van der Waals surface area contributed by atoms with E-state index in [0.29, 0.717) is 0 Å². The van der Waals surface area contributed by atoms with E-state index in [9.17, 15) is 0 Å². The second-order valence-corrected chi connectivity index (χ2v) is 2.65. The van der Waals surface area contributed by atoms with Gasteiger partial charge in [0.1, 0.15) is 0 Å². The van der Waals surface area contributed by atoms with Crippen LogP contribution >= 0.6 is 17.4 Å². The summed E-state index contributed by atoms with van der Waals surface area (Å²) in [5, 5.41) is 3.35. The summed E-state index contributed by atoms with van der Waals surface area (Å²) in [5.74, 6) is 0. The zero-order valence-electron chi connectivity index (χ0n) is 8.06. The minimum Gasteiger partial charge on any atom is -0.344 e. The summed E-state index contributed by atoms with van der Waals surface area (Å²) < 4.78 is 16.9. The van der Waals surface area contributed by atoms with E-state index in [2.05, 4.69) is 5.32 Å². The molecule has 0 aliphatic carbocycles. The van der Waals surface area contributed by atoms with Crippen molar-refractivity contribution in [1.29, 1.82) is 0 Å². The van der Waals surface area contributed by atoms with Gasteiger partial charge in [-0.3, -0.25) is 0 Å². The first-order chi connectivity index (χ1) is 6.33. The van der Waals surface area contributed by atoms with Crippen molar-refractivity contribution in [3.8, 4) is 0 Å². The van der Waals surface area contributed by atoms with Crippen molar-refractivity contribution < 1.29 is 18.9 Å². The number of hydrogen-bond acceptors (Lipinski definition) is 4. The summed E-state index contributed by atoms with van der Waals surface area (Å²) in [4.78, 5) is 14.0. The highest BCUT2D eigenvalue weighted by Crippen LogP contribution is 2.00. The monoisotopic (exact) mass is 244 g/mol. The molecular formula is C6H18N2O4P2. The molecule has 0 atom stereocenters. The summed E-state index contributed by atoms with van der Waals surface area (Å²) in [6.45, 7) is 2.50. The van der Waals surface area contributed by atoms with Gasteiger partial charge < -0.3 is 21.3 Å². The first-order valence-corrected chi connectivity index (χ1v) is 5.50. The lowest BCUT2D eigenvalue weighted by Crippen LogP contribution is -2.12. The summed E-state index contributed by atoms with van der Waals surface area (Å²) in [6, 6.07) is 0. The molecule has 1 rings (SSSR count). The average molecular weight is 244 g/mol. The molecule has 1 fully saturated rings. The maximum Gasteiger partial charge on any atom is 0.324 e. The van der Waals surface area contributed by atoms with Gasteiger partial charge in [-0.1, -0.05) is 12.8 Å². The zero-order valence-corrected chi connectivity index (χ0v) is 9.84. The summed E-state index contributed by atoms with van der Waals surface area (Å²) in [5.41, 5.74) is 0. The van der Waals surface area contributed by atoms with E-state index in [1.165, 1.54) is 38.8 Å².